The van der Waals surface area contributed by atoms with E-state index < -0.39 is 0 Å². The molecule has 0 unspecified atom stereocenters. The number of nitrogen functional groups attached to an aromatic ring is 1. The maximum Gasteiger partial charge on any atom is 0.241 e. The van der Waals surface area contributed by atoms with E-state index in [4.69, 9.17) is 5.73 Å². The van der Waals surface area contributed by atoms with Gasteiger partial charge in [0.15, 0.2) is 0 Å². The Hall–Kier alpha value is -1.75. The summed E-state index contributed by atoms with van der Waals surface area (Å²) in [5, 5.41) is 2.70. The van der Waals surface area contributed by atoms with Crippen LogP contribution in [0.3, 0.4) is 0 Å². The Balaban J connectivity index is 0.00000242. The number of aryl methyl sites for hydroxylation is 1. The Bertz CT molecular complexity index is 502. The van der Waals surface area contributed by atoms with E-state index in [9.17, 15) is 9.59 Å². The minimum atomic E-state index is -0.108. The van der Waals surface area contributed by atoms with E-state index >= 15 is 0 Å². The number of halogens is 1. The van der Waals surface area contributed by atoms with Gasteiger partial charge in [-0.3, -0.25) is 9.59 Å². The number of nitrogens with zero attached hydrogens (tertiary/aromatic N) is 1. The van der Waals surface area contributed by atoms with Crippen LogP contribution in [0.4, 0.5) is 5.69 Å². The van der Waals surface area contributed by atoms with Crippen LogP contribution in [0, 0.1) is 0 Å². The van der Waals surface area contributed by atoms with Gasteiger partial charge in [0, 0.05) is 25.2 Å². The quantitative estimate of drug-likeness (QED) is 0.810. The van der Waals surface area contributed by atoms with Gasteiger partial charge in [0.1, 0.15) is 0 Å². The average Bonchev–Trinajstić information content (AvgIpc) is 2.52. The molecule has 2 rings (SSSR count). The van der Waals surface area contributed by atoms with E-state index in [0.29, 0.717) is 18.5 Å². The van der Waals surface area contributed by atoms with Crippen LogP contribution in [0.2, 0.25) is 0 Å². The smallest absolute Gasteiger partial charge is 0.241 e. The van der Waals surface area contributed by atoms with E-state index in [-0.39, 0.29) is 30.8 Å². The van der Waals surface area contributed by atoms with Gasteiger partial charge >= 0.3 is 0 Å². The van der Waals surface area contributed by atoms with Gasteiger partial charge in [0.2, 0.25) is 11.8 Å². The van der Waals surface area contributed by atoms with Crippen molar-refractivity contribution in [1.82, 2.24) is 10.2 Å². The molecular weight excluding hydrogens is 302 g/mol. The number of piperidine rings is 1. The Morgan fingerprint density at radius 2 is 1.82 bits per heavy atom. The Morgan fingerprint density at radius 3 is 2.50 bits per heavy atom. The first-order valence-corrected chi connectivity index (χ1v) is 7.54. The van der Waals surface area contributed by atoms with Gasteiger partial charge in [-0.05, 0) is 37.3 Å². The Morgan fingerprint density at radius 1 is 1.14 bits per heavy atom. The van der Waals surface area contributed by atoms with Crippen molar-refractivity contribution in [2.24, 2.45) is 0 Å². The second kappa shape index (κ2) is 9.30. The summed E-state index contributed by atoms with van der Waals surface area (Å²) in [5.74, 6) is -0.0918. The number of likely N-dealkylation sites (tertiary alicyclic amines) is 1. The summed E-state index contributed by atoms with van der Waals surface area (Å²) in [7, 11) is 0. The summed E-state index contributed by atoms with van der Waals surface area (Å²) in [4.78, 5) is 25.5. The van der Waals surface area contributed by atoms with Gasteiger partial charge < -0.3 is 16.0 Å². The fourth-order valence-electron chi connectivity index (χ4n) is 2.53. The van der Waals surface area contributed by atoms with Crippen LogP contribution in [0.5, 0.6) is 0 Å². The highest BCUT2D eigenvalue weighted by atomic mass is 35.5. The average molecular weight is 326 g/mol. The van der Waals surface area contributed by atoms with Crippen molar-refractivity contribution in [1.29, 1.82) is 0 Å². The molecule has 0 aliphatic carbocycles. The van der Waals surface area contributed by atoms with Crippen LogP contribution in [0.1, 0.15) is 31.2 Å². The zero-order valence-electron chi connectivity index (χ0n) is 12.7. The van der Waals surface area contributed by atoms with Gasteiger partial charge in [-0.15, -0.1) is 12.4 Å². The van der Waals surface area contributed by atoms with Crippen LogP contribution in [0.25, 0.3) is 0 Å². The molecule has 6 heteroatoms. The lowest BCUT2D eigenvalue weighted by molar-refractivity contribution is -0.133. The minimum Gasteiger partial charge on any atom is -0.399 e. The van der Waals surface area contributed by atoms with E-state index in [1.54, 1.807) is 0 Å². The number of amides is 2. The maximum absolute atomic E-state index is 11.9. The molecule has 1 aliphatic heterocycles. The molecule has 1 heterocycles. The largest absolute Gasteiger partial charge is 0.399 e. The fraction of sp³-hybridized carbons (Fsp3) is 0.500. The zero-order chi connectivity index (χ0) is 15.1. The predicted molar refractivity (Wildman–Crippen MR) is 89.9 cm³/mol. The second-order valence-electron chi connectivity index (χ2n) is 5.42. The highest BCUT2D eigenvalue weighted by molar-refractivity contribution is 5.85. The molecular formula is C16H24ClN3O2. The van der Waals surface area contributed by atoms with E-state index in [1.807, 2.05) is 29.2 Å². The zero-order valence-corrected chi connectivity index (χ0v) is 13.5. The van der Waals surface area contributed by atoms with Crippen molar-refractivity contribution in [2.75, 3.05) is 25.4 Å². The summed E-state index contributed by atoms with van der Waals surface area (Å²) >= 11 is 0. The second-order valence-corrected chi connectivity index (χ2v) is 5.42. The summed E-state index contributed by atoms with van der Waals surface area (Å²) in [5.41, 5.74) is 7.50. The minimum absolute atomic E-state index is 0. The van der Waals surface area contributed by atoms with Crippen molar-refractivity contribution in [2.45, 2.75) is 32.1 Å². The predicted octanol–water partition coefficient (Wildman–Crippen LogP) is 1.75. The number of para-hydroxylation sites is 1. The highest BCUT2D eigenvalue weighted by Gasteiger charge is 2.16. The van der Waals surface area contributed by atoms with Crippen molar-refractivity contribution < 1.29 is 9.59 Å². The number of nitrogens with one attached hydrogen (secondary N) is 1. The lowest BCUT2D eigenvalue weighted by Gasteiger charge is -2.26. The third-order valence-electron chi connectivity index (χ3n) is 3.82. The number of nitrogens with two attached hydrogens (primary N) is 1. The first kappa shape index (κ1) is 18.3. The summed E-state index contributed by atoms with van der Waals surface area (Å²) in [6.07, 6.45) is 4.26. The molecule has 1 aliphatic rings. The van der Waals surface area contributed by atoms with E-state index in [1.165, 1.54) is 6.42 Å². The number of benzene rings is 1. The SMILES string of the molecule is Cl.Nc1ccccc1CCC(=O)NCC(=O)N1CCCCC1. The molecule has 5 nitrogen and oxygen atoms in total. The van der Waals surface area contributed by atoms with Gasteiger partial charge in [-0.1, -0.05) is 18.2 Å². The molecule has 122 valence electrons. The van der Waals surface area contributed by atoms with Crippen LogP contribution in [-0.4, -0.2) is 36.3 Å². The third-order valence-corrected chi connectivity index (χ3v) is 3.82. The molecule has 2 amide bonds. The lowest BCUT2D eigenvalue weighted by atomic mass is 10.1. The van der Waals surface area contributed by atoms with E-state index in [0.717, 1.165) is 31.5 Å². The highest BCUT2D eigenvalue weighted by Crippen LogP contribution is 2.12. The van der Waals surface area contributed by atoms with Gasteiger partial charge in [0.25, 0.3) is 0 Å². The van der Waals surface area contributed by atoms with Crippen molar-refractivity contribution in [3.63, 3.8) is 0 Å². The monoisotopic (exact) mass is 325 g/mol. The number of carbonyl (C=O) groups is 2. The van der Waals surface area contributed by atoms with Gasteiger partial charge in [-0.2, -0.15) is 0 Å². The van der Waals surface area contributed by atoms with Crippen molar-refractivity contribution in [3.8, 4) is 0 Å². The maximum atomic E-state index is 11.9. The first-order chi connectivity index (χ1) is 10.2. The number of rotatable bonds is 5. The molecule has 0 saturated carbocycles. The van der Waals surface area contributed by atoms with Crippen molar-refractivity contribution in [3.05, 3.63) is 29.8 Å². The molecule has 1 aromatic rings. The normalized spacial score (nSPS) is 14.1. The summed E-state index contributed by atoms with van der Waals surface area (Å²) < 4.78 is 0. The Kier molecular flexibility index (Phi) is 7.74. The molecule has 22 heavy (non-hydrogen) atoms. The molecule has 1 fully saturated rings. The molecule has 1 aromatic carbocycles. The van der Waals surface area contributed by atoms with Gasteiger partial charge in [0.05, 0.1) is 6.54 Å². The molecule has 0 atom stereocenters. The van der Waals surface area contributed by atoms with Crippen LogP contribution >= 0.6 is 12.4 Å². The van der Waals surface area contributed by atoms with Crippen LogP contribution in [-0.2, 0) is 16.0 Å². The topological polar surface area (TPSA) is 75.4 Å². The molecule has 1 saturated heterocycles. The van der Waals surface area contributed by atoms with E-state index in [2.05, 4.69) is 5.32 Å². The van der Waals surface area contributed by atoms with Gasteiger partial charge in [-0.25, -0.2) is 0 Å². The number of hydrogen-bond donors (Lipinski definition) is 2. The fourth-order valence-corrected chi connectivity index (χ4v) is 2.53. The Labute approximate surface area is 137 Å². The molecule has 3 N–H and O–H groups in total. The lowest BCUT2D eigenvalue weighted by Crippen LogP contribution is -2.42. The molecule has 0 aromatic heterocycles. The first-order valence-electron chi connectivity index (χ1n) is 7.54. The van der Waals surface area contributed by atoms with Crippen LogP contribution < -0.4 is 11.1 Å². The standard InChI is InChI=1S/C16H23N3O2.ClH/c17-14-7-3-2-6-13(14)8-9-15(20)18-12-16(21)19-10-4-1-5-11-19;/h2-3,6-7H,1,4-5,8-12,17H2,(H,18,20);1H. The molecule has 0 radical (unpaired) electrons. The third kappa shape index (κ3) is 5.56. The van der Waals surface area contributed by atoms with Crippen molar-refractivity contribution >= 4 is 29.9 Å². The number of anilines is 1. The number of hydrogen-bond acceptors (Lipinski definition) is 3. The molecule has 0 spiro atoms. The van der Waals surface area contributed by atoms with Crippen LogP contribution in [0.15, 0.2) is 24.3 Å². The molecule has 0 bridgehead atoms. The number of carbonyl (C=O) groups excluding carboxylic acids is 2. The summed E-state index contributed by atoms with van der Waals surface area (Å²) in [6, 6.07) is 7.52. The summed E-state index contributed by atoms with van der Waals surface area (Å²) in [6.45, 7) is 1.73.